The summed E-state index contributed by atoms with van der Waals surface area (Å²) in [5.41, 5.74) is 1.09. The largest absolute Gasteiger partial charge is 0.375 e. The zero-order chi connectivity index (χ0) is 9.68. The van der Waals surface area contributed by atoms with Crippen LogP contribution in [0.15, 0.2) is 11.8 Å². The van der Waals surface area contributed by atoms with Crippen LogP contribution in [-0.2, 0) is 0 Å². The molecule has 0 aliphatic heterocycles. The minimum Gasteiger partial charge on any atom is -0.375 e. The number of nitrogens with zero attached hydrogens (tertiary/aromatic N) is 2. The van der Waals surface area contributed by atoms with E-state index < -0.39 is 0 Å². The van der Waals surface area contributed by atoms with E-state index >= 15 is 0 Å². The topological polar surface area (TPSA) is 27.0 Å². The van der Waals surface area contributed by atoms with Crippen LogP contribution in [0, 0.1) is 11.3 Å². The Hall–Kier alpha value is -0.970. The van der Waals surface area contributed by atoms with Crippen LogP contribution >= 0.6 is 0 Å². The molecule has 0 aromatic heterocycles. The summed E-state index contributed by atoms with van der Waals surface area (Å²) in [7, 11) is 2.10. The molecule has 1 fully saturated rings. The summed E-state index contributed by atoms with van der Waals surface area (Å²) in [5, 5.41) is 8.53. The van der Waals surface area contributed by atoms with Gasteiger partial charge in [-0.25, -0.2) is 0 Å². The van der Waals surface area contributed by atoms with E-state index in [0.717, 1.165) is 5.70 Å². The number of hydrogen-bond donors (Lipinski definition) is 0. The molecule has 0 spiro atoms. The molecule has 72 valence electrons. The third kappa shape index (κ3) is 2.77. The number of nitriles is 1. The molecule has 0 atom stereocenters. The third-order valence-corrected chi connectivity index (χ3v) is 2.95. The lowest BCUT2D eigenvalue weighted by Crippen LogP contribution is -2.31. The summed E-state index contributed by atoms with van der Waals surface area (Å²) in [6.07, 6.45) is 8.27. The van der Waals surface area contributed by atoms with Crippen molar-refractivity contribution in [3.63, 3.8) is 0 Å². The smallest absolute Gasteiger partial charge is 0.0930 e. The van der Waals surface area contributed by atoms with Gasteiger partial charge < -0.3 is 4.90 Å². The lowest BCUT2D eigenvalue weighted by atomic mass is 9.94. The van der Waals surface area contributed by atoms with Gasteiger partial charge >= 0.3 is 0 Å². The SMILES string of the molecule is CC(=CC#N)N(C)C1CCCCC1. The van der Waals surface area contributed by atoms with Crippen molar-refractivity contribution in [3.05, 3.63) is 11.8 Å². The van der Waals surface area contributed by atoms with Gasteiger partial charge in [0.1, 0.15) is 0 Å². The van der Waals surface area contributed by atoms with E-state index in [2.05, 4.69) is 18.0 Å². The first-order chi connectivity index (χ1) is 6.25. The van der Waals surface area contributed by atoms with Crippen LogP contribution in [0.1, 0.15) is 39.0 Å². The molecule has 0 N–H and O–H groups in total. The molecule has 0 radical (unpaired) electrons. The van der Waals surface area contributed by atoms with Gasteiger partial charge in [-0.3, -0.25) is 0 Å². The Labute approximate surface area is 80.8 Å². The molecule has 1 aliphatic rings. The fourth-order valence-corrected chi connectivity index (χ4v) is 1.95. The highest BCUT2D eigenvalue weighted by Gasteiger charge is 2.17. The molecule has 2 nitrogen and oxygen atoms in total. The Morgan fingerprint density at radius 1 is 1.38 bits per heavy atom. The first-order valence-corrected chi connectivity index (χ1v) is 5.05. The normalized spacial score (nSPS) is 19.6. The first-order valence-electron chi connectivity index (χ1n) is 5.05. The van der Waals surface area contributed by atoms with Crippen LogP contribution in [0.3, 0.4) is 0 Å². The van der Waals surface area contributed by atoms with E-state index in [4.69, 9.17) is 5.26 Å². The standard InChI is InChI=1S/C11H18N2/c1-10(8-9-12)13(2)11-6-4-3-5-7-11/h8,11H,3-7H2,1-2H3. The van der Waals surface area contributed by atoms with Crippen molar-refractivity contribution in [2.75, 3.05) is 7.05 Å². The van der Waals surface area contributed by atoms with Gasteiger partial charge in [-0.05, 0) is 19.8 Å². The van der Waals surface area contributed by atoms with Gasteiger partial charge in [0.2, 0.25) is 0 Å². The van der Waals surface area contributed by atoms with Gasteiger partial charge in [-0.1, -0.05) is 19.3 Å². The molecular formula is C11H18N2. The van der Waals surface area contributed by atoms with E-state index in [0.29, 0.717) is 6.04 Å². The lowest BCUT2D eigenvalue weighted by molar-refractivity contribution is 0.236. The number of allylic oxidation sites excluding steroid dienone is 2. The summed E-state index contributed by atoms with van der Waals surface area (Å²) in [6.45, 7) is 2.01. The third-order valence-electron chi connectivity index (χ3n) is 2.95. The van der Waals surface area contributed by atoms with Gasteiger partial charge in [0.15, 0.2) is 0 Å². The Kier molecular flexibility index (Phi) is 3.82. The van der Waals surface area contributed by atoms with Crippen molar-refractivity contribution in [3.8, 4) is 6.07 Å². The molecular weight excluding hydrogens is 160 g/mol. The minimum atomic E-state index is 0.665. The lowest BCUT2D eigenvalue weighted by Gasteiger charge is -2.33. The van der Waals surface area contributed by atoms with Gasteiger partial charge in [0.05, 0.1) is 6.07 Å². The molecule has 0 unspecified atom stereocenters. The maximum Gasteiger partial charge on any atom is 0.0930 e. The van der Waals surface area contributed by atoms with Crippen molar-refractivity contribution in [1.82, 2.24) is 4.90 Å². The van der Waals surface area contributed by atoms with Crippen molar-refractivity contribution >= 4 is 0 Å². The van der Waals surface area contributed by atoms with Crippen molar-refractivity contribution in [2.24, 2.45) is 0 Å². The predicted molar refractivity (Wildman–Crippen MR) is 54.0 cm³/mol. The predicted octanol–water partition coefficient (Wildman–Crippen LogP) is 2.68. The fourth-order valence-electron chi connectivity index (χ4n) is 1.95. The molecule has 0 amide bonds. The van der Waals surface area contributed by atoms with E-state index in [9.17, 15) is 0 Å². The molecule has 0 heterocycles. The van der Waals surface area contributed by atoms with Gasteiger partial charge in [-0.15, -0.1) is 0 Å². The van der Waals surface area contributed by atoms with Crippen LogP contribution in [0.5, 0.6) is 0 Å². The quantitative estimate of drug-likeness (QED) is 0.608. The maximum atomic E-state index is 8.53. The molecule has 2 heteroatoms. The molecule has 0 aromatic carbocycles. The maximum absolute atomic E-state index is 8.53. The number of hydrogen-bond acceptors (Lipinski definition) is 2. The van der Waals surface area contributed by atoms with Gasteiger partial charge in [0.25, 0.3) is 0 Å². The highest BCUT2D eigenvalue weighted by Crippen LogP contribution is 2.23. The second-order valence-corrected chi connectivity index (χ2v) is 3.82. The second-order valence-electron chi connectivity index (χ2n) is 3.82. The van der Waals surface area contributed by atoms with E-state index in [1.54, 1.807) is 6.08 Å². The summed E-state index contributed by atoms with van der Waals surface area (Å²) >= 11 is 0. The molecule has 0 aromatic rings. The highest BCUT2D eigenvalue weighted by molar-refractivity contribution is 5.10. The van der Waals surface area contributed by atoms with Crippen LogP contribution in [-0.4, -0.2) is 18.0 Å². The molecule has 0 bridgehead atoms. The van der Waals surface area contributed by atoms with Gasteiger partial charge in [-0.2, -0.15) is 5.26 Å². The summed E-state index contributed by atoms with van der Waals surface area (Å²) in [4.78, 5) is 2.25. The first kappa shape index (κ1) is 10.1. The van der Waals surface area contributed by atoms with E-state index in [1.807, 2.05) is 6.92 Å². The molecule has 1 aliphatic carbocycles. The number of rotatable bonds is 2. The summed E-state index contributed by atoms with van der Waals surface area (Å²) in [6, 6.07) is 2.75. The Balaban J connectivity index is 2.50. The fraction of sp³-hybridized carbons (Fsp3) is 0.727. The van der Waals surface area contributed by atoms with E-state index in [1.165, 1.54) is 32.1 Å². The second kappa shape index (κ2) is 4.91. The Morgan fingerprint density at radius 3 is 2.54 bits per heavy atom. The summed E-state index contributed by atoms with van der Waals surface area (Å²) < 4.78 is 0. The van der Waals surface area contributed by atoms with Gasteiger partial charge in [0, 0.05) is 24.9 Å². The van der Waals surface area contributed by atoms with Crippen molar-refractivity contribution in [1.29, 1.82) is 5.26 Å². The van der Waals surface area contributed by atoms with Crippen molar-refractivity contribution < 1.29 is 0 Å². The Bertz CT molecular complexity index is 219. The minimum absolute atomic E-state index is 0.665. The molecule has 1 saturated carbocycles. The average Bonchev–Trinajstić information content (AvgIpc) is 2.18. The van der Waals surface area contributed by atoms with Crippen LogP contribution in [0.4, 0.5) is 0 Å². The van der Waals surface area contributed by atoms with E-state index in [-0.39, 0.29) is 0 Å². The molecule has 13 heavy (non-hydrogen) atoms. The average molecular weight is 178 g/mol. The Morgan fingerprint density at radius 2 is 2.00 bits per heavy atom. The summed E-state index contributed by atoms with van der Waals surface area (Å²) in [5.74, 6) is 0. The molecule has 1 rings (SSSR count). The van der Waals surface area contributed by atoms with Crippen LogP contribution in [0.2, 0.25) is 0 Å². The van der Waals surface area contributed by atoms with Crippen molar-refractivity contribution in [2.45, 2.75) is 45.1 Å². The monoisotopic (exact) mass is 178 g/mol. The van der Waals surface area contributed by atoms with Crippen LogP contribution < -0.4 is 0 Å². The zero-order valence-electron chi connectivity index (χ0n) is 8.58. The highest BCUT2D eigenvalue weighted by atomic mass is 15.1. The molecule has 0 saturated heterocycles. The zero-order valence-corrected chi connectivity index (χ0v) is 8.58. The van der Waals surface area contributed by atoms with Crippen LogP contribution in [0.25, 0.3) is 0 Å².